The lowest BCUT2D eigenvalue weighted by molar-refractivity contribution is 0.187. The van der Waals surface area contributed by atoms with Crippen molar-refractivity contribution in [1.82, 2.24) is 0 Å². The van der Waals surface area contributed by atoms with Gasteiger partial charge in [0, 0.05) is 5.41 Å². The topological polar surface area (TPSA) is 23.9 Å². The molecule has 2 rings (SSSR count). The van der Waals surface area contributed by atoms with Crippen LogP contribution in [0.3, 0.4) is 0 Å². The lowest BCUT2D eigenvalue weighted by Crippen LogP contribution is -2.36. The molecule has 3 atom stereocenters. The predicted molar refractivity (Wildman–Crippen MR) is 72.0 cm³/mol. The number of hydrogen-bond donors (Lipinski definition) is 1. The molecule has 0 aromatic heterocycles. The van der Waals surface area contributed by atoms with Crippen molar-refractivity contribution in [2.45, 2.75) is 47.5 Å². The van der Waals surface area contributed by atoms with Gasteiger partial charge in [-0.25, -0.2) is 0 Å². The molecular formula is C15H25N. The van der Waals surface area contributed by atoms with Crippen LogP contribution in [0, 0.1) is 22.7 Å². The van der Waals surface area contributed by atoms with E-state index in [0.717, 1.165) is 5.92 Å². The van der Waals surface area contributed by atoms with Crippen molar-refractivity contribution in [2.24, 2.45) is 17.3 Å². The summed E-state index contributed by atoms with van der Waals surface area (Å²) in [7, 11) is 0. The Labute approximate surface area is 100 Å². The van der Waals surface area contributed by atoms with Crippen molar-refractivity contribution in [3.05, 3.63) is 23.8 Å². The Bertz CT molecular complexity index is 324. The first kappa shape index (κ1) is 13.2. The monoisotopic (exact) mass is 219 g/mol. The SMILES string of the molecule is CC.CC1CCC2=CC(=N)C=CC2(C)C1C. The molecule has 0 heterocycles. The first-order valence-corrected chi connectivity index (χ1v) is 6.53. The lowest BCUT2D eigenvalue weighted by atomic mass is 9.60. The second kappa shape index (κ2) is 4.99. The van der Waals surface area contributed by atoms with Crippen molar-refractivity contribution in [3.63, 3.8) is 0 Å². The Balaban J connectivity index is 0.000000606. The molecule has 3 unspecified atom stereocenters. The van der Waals surface area contributed by atoms with E-state index in [2.05, 4.69) is 32.9 Å². The summed E-state index contributed by atoms with van der Waals surface area (Å²) in [5, 5.41) is 7.65. The first-order valence-electron chi connectivity index (χ1n) is 6.53. The van der Waals surface area contributed by atoms with E-state index in [0.29, 0.717) is 11.6 Å². The van der Waals surface area contributed by atoms with Gasteiger partial charge in [-0.05, 0) is 36.8 Å². The van der Waals surface area contributed by atoms with Crippen molar-refractivity contribution >= 4 is 5.71 Å². The highest BCUT2D eigenvalue weighted by Gasteiger charge is 2.40. The summed E-state index contributed by atoms with van der Waals surface area (Å²) in [6.45, 7) is 11.0. The van der Waals surface area contributed by atoms with E-state index in [1.807, 2.05) is 19.9 Å². The summed E-state index contributed by atoms with van der Waals surface area (Å²) in [6, 6.07) is 0. The number of hydrogen-bond acceptors (Lipinski definition) is 1. The zero-order chi connectivity index (χ0) is 12.3. The van der Waals surface area contributed by atoms with Gasteiger partial charge in [0.2, 0.25) is 0 Å². The maximum atomic E-state index is 7.65. The molecule has 0 aromatic carbocycles. The van der Waals surface area contributed by atoms with Crippen LogP contribution < -0.4 is 0 Å². The van der Waals surface area contributed by atoms with Gasteiger partial charge >= 0.3 is 0 Å². The molecule has 0 aromatic rings. The van der Waals surface area contributed by atoms with Crippen molar-refractivity contribution in [1.29, 1.82) is 5.41 Å². The van der Waals surface area contributed by atoms with Crippen LogP contribution in [0.15, 0.2) is 23.8 Å². The molecule has 0 spiro atoms. The van der Waals surface area contributed by atoms with Gasteiger partial charge in [0.1, 0.15) is 0 Å². The molecule has 1 N–H and O–H groups in total. The maximum absolute atomic E-state index is 7.65. The molecule has 2 aliphatic rings. The maximum Gasteiger partial charge on any atom is 0.0536 e. The summed E-state index contributed by atoms with van der Waals surface area (Å²) in [6.07, 6.45) is 8.73. The Morgan fingerprint density at radius 1 is 1.31 bits per heavy atom. The molecule has 1 heteroatoms. The summed E-state index contributed by atoms with van der Waals surface area (Å²) in [5.41, 5.74) is 2.36. The van der Waals surface area contributed by atoms with Crippen molar-refractivity contribution in [2.75, 3.05) is 0 Å². The van der Waals surface area contributed by atoms with Crippen LogP contribution in [-0.4, -0.2) is 5.71 Å². The zero-order valence-corrected chi connectivity index (χ0v) is 11.3. The third-order valence-corrected chi connectivity index (χ3v) is 4.30. The van der Waals surface area contributed by atoms with Crippen LogP contribution in [0.25, 0.3) is 0 Å². The summed E-state index contributed by atoms with van der Waals surface area (Å²) < 4.78 is 0. The molecule has 2 aliphatic carbocycles. The largest absolute Gasteiger partial charge is 0.301 e. The molecule has 16 heavy (non-hydrogen) atoms. The lowest BCUT2D eigenvalue weighted by Gasteiger charge is -2.45. The zero-order valence-electron chi connectivity index (χ0n) is 11.3. The smallest absolute Gasteiger partial charge is 0.0536 e. The summed E-state index contributed by atoms with van der Waals surface area (Å²) in [5.74, 6) is 1.50. The van der Waals surface area contributed by atoms with Crippen LogP contribution >= 0.6 is 0 Å². The predicted octanol–water partition coefficient (Wildman–Crippen LogP) is 4.60. The molecular weight excluding hydrogens is 194 g/mol. The van der Waals surface area contributed by atoms with Crippen LogP contribution in [0.4, 0.5) is 0 Å². The van der Waals surface area contributed by atoms with E-state index >= 15 is 0 Å². The minimum absolute atomic E-state index is 0.224. The van der Waals surface area contributed by atoms with Gasteiger partial charge in [-0.1, -0.05) is 46.3 Å². The fourth-order valence-electron chi connectivity index (χ4n) is 2.77. The van der Waals surface area contributed by atoms with E-state index in [1.54, 1.807) is 0 Å². The minimum Gasteiger partial charge on any atom is -0.301 e. The molecule has 0 aliphatic heterocycles. The number of allylic oxidation sites excluding steroid dienone is 4. The standard InChI is InChI=1S/C13H19N.C2H6/c1-9-4-5-11-8-12(14)6-7-13(11,3)10(9)2;1-2/h6-10,14H,4-5H2,1-3H3;1-2H3. The van der Waals surface area contributed by atoms with Crippen LogP contribution in [-0.2, 0) is 0 Å². The average Bonchev–Trinajstić information content (AvgIpc) is 2.30. The normalized spacial score (nSPS) is 37.1. The van der Waals surface area contributed by atoms with Gasteiger partial charge in [0.25, 0.3) is 0 Å². The molecule has 90 valence electrons. The minimum atomic E-state index is 0.224. The third-order valence-electron chi connectivity index (χ3n) is 4.30. The van der Waals surface area contributed by atoms with E-state index in [9.17, 15) is 0 Å². The van der Waals surface area contributed by atoms with Crippen LogP contribution in [0.1, 0.15) is 47.5 Å². The first-order chi connectivity index (χ1) is 7.54. The second-order valence-corrected chi connectivity index (χ2v) is 5.05. The summed E-state index contributed by atoms with van der Waals surface area (Å²) in [4.78, 5) is 0. The average molecular weight is 219 g/mol. The number of fused-ring (bicyclic) bond motifs is 1. The van der Waals surface area contributed by atoms with Gasteiger partial charge in [-0.15, -0.1) is 0 Å². The van der Waals surface area contributed by atoms with Crippen LogP contribution in [0.2, 0.25) is 0 Å². The fraction of sp³-hybridized carbons (Fsp3) is 0.667. The second-order valence-electron chi connectivity index (χ2n) is 5.05. The van der Waals surface area contributed by atoms with E-state index in [-0.39, 0.29) is 5.41 Å². The van der Waals surface area contributed by atoms with E-state index < -0.39 is 0 Å². The highest BCUT2D eigenvalue weighted by atomic mass is 14.5. The molecule has 0 amide bonds. The van der Waals surface area contributed by atoms with Gasteiger partial charge < -0.3 is 5.41 Å². The van der Waals surface area contributed by atoms with E-state index in [1.165, 1.54) is 18.4 Å². The third kappa shape index (κ3) is 2.14. The Hall–Kier alpha value is -0.850. The highest BCUT2D eigenvalue weighted by molar-refractivity contribution is 6.03. The fourth-order valence-corrected chi connectivity index (χ4v) is 2.77. The van der Waals surface area contributed by atoms with Gasteiger partial charge in [-0.3, -0.25) is 0 Å². The quantitative estimate of drug-likeness (QED) is 0.615. The van der Waals surface area contributed by atoms with Crippen LogP contribution in [0.5, 0.6) is 0 Å². The van der Waals surface area contributed by atoms with Gasteiger partial charge in [-0.2, -0.15) is 0 Å². The van der Waals surface area contributed by atoms with Crippen molar-refractivity contribution in [3.8, 4) is 0 Å². The highest BCUT2D eigenvalue weighted by Crippen LogP contribution is 2.49. The van der Waals surface area contributed by atoms with E-state index in [4.69, 9.17) is 5.41 Å². The van der Waals surface area contributed by atoms with Gasteiger partial charge in [0.05, 0.1) is 5.71 Å². The molecule has 1 fully saturated rings. The molecule has 1 saturated carbocycles. The molecule has 1 nitrogen and oxygen atoms in total. The number of rotatable bonds is 0. The molecule has 0 saturated heterocycles. The Morgan fingerprint density at radius 3 is 2.56 bits per heavy atom. The number of nitrogens with one attached hydrogen (secondary N) is 1. The van der Waals surface area contributed by atoms with Gasteiger partial charge in [0.15, 0.2) is 0 Å². The molecule has 0 bridgehead atoms. The Kier molecular flexibility index (Phi) is 4.12. The molecule has 0 radical (unpaired) electrons. The Morgan fingerprint density at radius 2 is 1.94 bits per heavy atom. The van der Waals surface area contributed by atoms with Crippen molar-refractivity contribution < 1.29 is 0 Å². The summed E-state index contributed by atoms with van der Waals surface area (Å²) >= 11 is 0.